The van der Waals surface area contributed by atoms with Gasteiger partial charge in [0.2, 0.25) is 0 Å². The lowest BCUT2D eigenvalue weighted by molar-refractivity contribution is 0.213. The molecule has 1 aliphatic heterocycles. The highest BCUT2D eigenvalue weighted by Gasteiger charge is 2.45. The monoisotopic (exact) mass is 388 g/mol. The van der Waals surface area contributed by atoms with Crippen LogP contribution in [-0.4, -0.2) is 35.7 Å². The van der Waals surface area contributed by atoms with Gasteiger partial charge >= 0.3 is 0 Å². The molecule has 0 saturated carbocycles. The molecule has 0 radical (unpaired) electrons. The number of nitrogens with two attached hydrogens (primary N) is 1. The number of rotatable bonds is 3. The summed E-state index contributed by atoms with van der Waals surface area (Å²) in [6.07, 6.45) is 7.24. The van der Waals surface area contributed by atoms with E-state index >= 15 is 0 Å². The number of piperidine rings is 1. The van der Waals surface area contributed by atoms with Gasteiger partial charge in [-0.25, -0.2) is 9.38 Å². The van der Waals surface area contributed by atoms with Gasteiger partial charge < -0.3 is 10.6 Å². The number of allylic oxidation sites excluding steroid dienone is 2. The number of likely N-dealkylation sites (tertiary alicyclic amines) is 1. The molecule has 2 aliphatic rings. The molecule has 1 aliphatic carbocycles. The fraction of sp³-hybridized carbons (Fsp3) is 0.250. The van der Waals surface area contributed by atoms with Crippen molar-refractivity contribution in [3.63, 3.8) is 0 Å². The Balaban J connectivity index is 1.81. The van der Waals surface area contributed by atoms with E-state index in [2.05, 4.69) is 29.6 Å². The molecule has 0 bridgehead atoms. The van der Waals surface area contributed by atoms with E-state index < -0.39 is 0 Å². The number of benzene rings is 1. The van der Waals surface area contributed by atoms with Gasteiger partial charge in [0.25, 0.3) is 0 Å². The summed E-state index contributed by atoms with van der Waals surface area (Å²) in [5, 5.41) is 0. The third-order valence-corrected chi connectivity index (χ3v) is 5.88. The lowest BCUT2D eigenvalue weighted by atomic mass is 9.62. The van der Waals surface area contributed by atoms with Crippen LogP contribution >= 0.6 is 0 Å². The van der Waals surface area contributed by atoms with Crippen LogP contribution in [0.25, 0.3) is 5.57 Å². The molecule has 4 nitrogen and oxygen atoms in total. The van der Waals surface area contributed by atoms with Crippen LogP contribution in [0.15, 0.2) is 83.7 Å². The summed E-state index contributed by atoms with van der Waals surface area (Å²) in [4.78, 5) is 11.6. The Morgan fingerprint density at radius 2 is 2.07 bits per heavy atom. The highest BCUT2D eigenvalue weighted by molar-refractivity contribution is 6.11. The van der Waals surface area contributed by atoms with Crippen molar-refractivity contribution in [2.45, 2.75) is 12.8 Å². The van der Waals surface area contributed by atoms with Gasteiger partial charge in [0.1, 0.15) is 5.82 Å². The van der Waals surface area contributed by atoms with E-state index in [9.17, 15) is 4.39 Å². The molecule has 1 saturated heterocycles. The van der Waals surface area contributed by atoms with E-state index in [-0.39, 0.29) is 11.2 Å². The first-order valence-electron chi connectivity index (χ1n) is 9.77. The zero-order valence-electron chi connectivity index (χ0n) is 16.6. The predicted molar refractivity (Wildman–Crippen MR) is 116 cm³/mol. The number of pyridine rings is 1. The van der Waals surface area contributed by atoms with Gasteiger partial charge in [0.05, 0.1) is 17.1 Å². The highest BCUT2D eigenvalue weighted by atomic mass is 19.1. The SMILES string of the molecule is C=C(c1ccccn1)C12CC(=CN)C(=Nc3ccc(F)cc3)C=C1CCN(C)C2. The van der Waals surface area contributed by atoms with Crippen molar-refractivity contribution in [1.82, 2.24) is 9.88 Å². The van der Waals surface area contributed by atoms with Crippen molar-refractivity contribution >= 4 is 17.0 Å². The molecule has 2 N–H and O–H groups in total. The van der Waals surface area contributed by atoms with E-state index in [0.29, 0.717) is 5.69 Å². The summed E-state index contributed by atoms with van der Waals surface area (Å²) in [6, 6.07) is 12.1. The van der Waals surface area contributed by atoms with E-state index in [1.807, 2.05) is 18.2 Å². The third-order valence-electron chi connectivity index (χ3n) is 5.88. The van der Waals surface area contributed by atoms with Crippen LogP contribution in [0, 0.1) is 11.2 Å². The summed E-state index contributed by atoms with van der Waals surface area (Å²) in [5.41, 5.74) is 11.5. The summed E-state index contributed by atoms with van der Waals surface area (Å²) < 4.78 is 13.3. The maximum Gasteiger partial charge on any atom is 0.123 e. The minimum atomic E-state index is -0.272. The van der Waals surface area contributed by atoms with Gasteiger partial charge in [-0.2, -0.15) is 0 Å². The van der Waals surface area contributed by atoms with Crippen LogP contribution in [0.1, 0.15) is 18.5 Å². The number of hydrogen-bond acceptors (Lipinski definition) is 4. The molecule has 148 valence electrons. The van der Waals surface area contributed by atoms with Gasteiger partial charge in [-0.3, -0.25) is 4.98 Å². The Hall–Kier alpha value is -3.05. The van der Waals surface area contributed by atoms with Gasteiger partial charge in [-0.05, 0) is 79.7 Å². The minimum absolute atomic E-state index is 0.256. The molecule has 2 heterocycles. The summed E-state index contributed by atoms with van der Waals surface area (Å²) in [5.74, 6) is -0.272. The molecule has 1 fully saturated rings. The molecule has 2 aromatic rings. The Kier molecular flexibility index (Phi) is 5.16. The first kappa shape index (κ1) is 19.3. The number of fused-ring (bicyclic) bond motifs is 1. The number of hydrogen-bond donors (Lipinski definition) is 1. The predicted octanol–water partition coefficient (Wildman–Crippen LogP) is 4.50. The molecule has 4 rings (SSSR count). The molecule has 5 heteroatoms. The third kappa shape index (κ3) is 3.66. The first-order valence-corrected chi connectivity index (χ1v) is 9.77. The van der Waals surface area contributed by atoms with Crippen LogP contribution in [0.2, 0.25) is 0 Å². The largest absolute Gasteiger partial charge is 0.404 e. The zero-order valence-corrected chi connectivity index (χ0v) is 16.6. The first-order chi connectivity index (χ1) is 14.0. The highest BCUT2D eigenvalue weighted by Crippen LogP contribution is 2.51. The van der Waals surface area contributed by atoms with Crippen LogP contribution in [0.3, 0.4) is 0 Å². The summed E-state index contributed by atoms with van der Waals surface area (Å²) in [6.45, 7) is 6.30. The molecular formula is C24H25FN4. The van der Waals surface area contributed by atoms with Gasteiger partial charge in [0.15, 0.2) is 0 Å². The summed E-state index contributed by atoms with van der Waals surface area (Å²) in [7, 11) is 2.14. The Morgan fingerprint density at radius 3 is 2.76 bits per heavy atom. The molecule has 1 atom stereocenters. The number of aliphatic imine (C=N–C) groups is 1. The Labute approximate surface area is 171 Å². The second-order valence-corrected chi connectivity index (χ2v) is 7.78. The maximum absolute atomic E-state index is 13.3. The molecular weight excluding hydrogens is 363 g/mol. The second-order valence-electron chi connectivity index (χ2n) is 7.78. The lowest BCUT2D eigenvalue weighted by Crippen LogP contribution is -2.46. The van der Waals surface area contributed by atoms with Gasteiger partial charge in [-0.15, -0.1) is 0 Å². The van der Waals surface area contributed by atoms with E-state index in [0.717, 1.165) is 48.5 Å². The van der Waals surface area contributed by atoms with E-state index in [4.69, 9.17) is 10.7 Å². The molecule has 0 spiro atoms. The fourth-order valence-electron chi connectivity index (χ4n) is 4.33. The van der Waals surface area contributed by atoms with Crippen molar-refractivity contribution in [2.24, 2.45) is 16.1 Å². The quantitative estimate of drug-likeness (QED) is 0.842. The van der Waals surface area contributed by atoms with E-state index in [1.165, 1.54) is 17.7 Å². The van der Waals surface area contributed by atoms with Crippen molar-refractivity contribution < 1.29 is 4.39 Å². The molecule has 29 heavy (non-hydrogen) atoms. The number of aromatic nitrogens is 1. The van der Waals surface area contributed by atoms with Gasteiger partial charge in [0, 0.05) is 24.7 Å². The number of nitrogens with zero attached hydrogens (tertiary/aromatic N) is 3. The van der Waals surface area contributed by atoms with Crippen LogP contribution in [0.4, 0.5) is 10.1 Å². The minimum Gasteiger partial charge on any atom is -0.404 e. The number of halogens is 1. The topological polar surface area (TPSA) is 54.5 Å². The van der Waals surface area contributed by atoms with Crippen LogP contribution in [-0.2, 0) is 0 Å². The normalized spacial score (nSPS) is 25.0. The van der Waals surface area contributed by atoms with Crippen molar-refractivity contribution in [2.75, 3.05) is 20.1 Å². The smallest absolute Gasteiger partial charge is 0.123 e. The van der Waals surface area contributed by atoms with Gasteiger partial charge in [-0.1, -0.05) is 18.2 Å². The van der Waals surface area contributed by atoms with E-state index in [1.54, 1.807) is 24.5 Å². The average Bonchev–Trinajstić information content (AvgIpc) is 2.75. The molecule has 1 aromatic carbocycles. The average molecular weight is 388 g/mol. The maximum atomic E-state index is 13.3. The second kappa shape index (κ2) is 7.76. The molecule has 1 unspecified atom stereocenters. The lowest BCUT2D eigenvalue weighted by Gasteiger charge is -2.47. The summed E-state index contributed by atoms with van der Waals surface area (Å²) >= 11 is 0. The van der Waals surface area contributed by atoms with Crippen molar-refractivity contribution in [3.8, 4) is 0 Å². The van der Waals surface area contributed by atoms with Crippen LogP contribution < -0.4 is 5.73 Å². The molecule has 0 amide bonds. The Morgan fingerprint density at radius 1 is 1.28 bits per heavy atom. The molecule has 1 aromatic heterocycles. The van der Waals surface area contributed by atoms with Crippen molar-refractivity contribution in [3.05, 3.63) is 90.2 Å². The van der Waals surface area contributed by atoms with Crippen LogP contribution in [0.5, 0.6) is 0 Å². The zero-order chi connectivity index (χ0) is 20.4. The fourth-order valence-corrected chi connectivity index (χ4v) is 4.33. The van der Waals surface area contributed by atoms with Crippen molar-refractivity contribution in [1.29, 1.82) is 0 Å². The standard InChI is InChI=1S/C24H25FN4/c1-17(22-5-3-4-11-27-22)24-14-18(15-26)23(13-19(24)10-12-29(2)16-24)28-21-8-6-20(25)7-9-21/h3-9,11,13,15H,1,10,12,14,16,26H2,2H3. The Bertz CT molecular complexity index is 1000.